The van der Waals surface area contributed by atoms with Gasteiger partial charge in [0.15, 0.2) is 0 Å². The SMILES string of the molecule is COCC1(C(=O)NCc2ccc(C)cc2OCCCC(C)C)CCNCC1. The van der Waals surface area contributed by atoms with Crippen molar-refractivity contribution >= 4 is 5.91 Å². The predicted molar refractivity (Wildman–Crippen MR) is 109 cm³/mol. The summed E-state index contributed by atoms with van der Waals surface area (Å²) in [4.78, 5) is 12.9. The molecule has 0 bridgehead atoms. The fourth-order valence-electron chi connectivity index (χ4n) is 3.60. The first-order valence-corrected chi connectivity index (χ1v) is 10.2. The average Bonchev–Trinajstić information content (AvgIpc) is 2.65. The first kappa shape index (κ1) is 21.7. The Balaban J connectivity index is 1.98. The molecule has 1 saturated heterocycles. The highest BCUT2D eigenvalue weighted by Crippen LogP contribution is 2.30. The van der Waals surface area contributed by atoms with E-state index in [0.717, 1.165) is 55.6 Å². The third-order valence-corrected chi connectivity index (χ3v) is 5.31. The van der Waals surface area contributed by atoms with Gasteiger partial charge >= 0.3 is 0 Å². The summed E-state index contributed by atoms with van der Waals surface area (Å²) in [5, 5.41) is 6.46. The van der Waals surface area contributed by atoms with Gasteiger partial charge in [-0.3, -0.25) is 4.79 Å². The number of hydrogen-bond acceptors (Lipinski definition) is 4. The van der Waals surface area contributed by atoms with E-state index in [2.05, 4.69) is 49.6 Å². The van der Waals surface area contributed by atoms with Crippen molar-refractivity contribution in [2.75, 3.05) is 33.4 Å². The van der Waals surface area contributed by atoms with Gasteiger partial charge < -0.3 is 20.1 Å². The third-order valence-electron chi connectivity index (χ3n) is 5.31. The molecule has 1 aliphatic rings. The number of carbonyl (C=O) groups is 1. The van der Waals surface area contributed by atoms with Crippen LogP contribution in [0.5, 0.6) is 5.75 Å². The molecule has 0 saturated carbocycles. The number of amides is 1. The van der Waals surface area contributed by atoms with Crippen LogP contribution in [-0.2, 0) is 16.1 Å². The number of hydrogen-bond donors (Lipinski definition) is 2. The number of rotatable bonds is 10. The quantitative estimate of drug-likeness (QED) is 0.614. The molecule has 0 atom stereocenters. The van der Waals surface area contributed by atoms with E-state index in [4.69, 9.17) is 9.47 Å². The minimum atomic E-state index is -0.428. The van der Waals surface area contributed by atoms with Crippen molar-refractivity contribution < 1.29 is 14.3 Å². The van der Waals surface area contributed by atoms with Gasteiger partial charge in [0.1, 0.15) is 5.75 Å². The maximum absolute atomic E-state index is 12.9. The first-order chi connectivity index (χ1) is 13.0. The van der Waals surface area contributed by atoms with Gasteiger partial charge in [0.25, 0.3) is 0 Å². The lowest BCUT2D eigenvalue weighted by Gasteiger charge is -2.35. The Hall–Kier alpha value is -1.59. The van der Waals surface area contributed by atoms with Gasteiger partial charge in [-0.2, -0.15) is 0 Å². The fourth-order valence-corrected chi connectivity index (χ4v) is 3.60. The molecule has 0 radical (unpaired) electrons. The maximum atomic E-state index is 12.9. The maximum Gasteiger partial charge on any atom is 0.228 e. The Kier molecular flexibility index (Phi) is 8.58. The fraction of sp³-hybridized carbons (Fsp3) is 0.682. The van der Waals surface area contributed by atoms with Gasteiger partial charge in [-0.25, -0.2) is 0 Å². The normalized spacial score (nSPS) is 16.3. The molecule has 2 rings (SSSR count). The molecule has 1 aromatic carbocycles. The van der Waals surface area contributed by atoms with Gasteiger partial charge in [-0.05, 0) is 63.2 Å². The molecule has 0 spiro atoms. The van der Waals surface area contributed by atoms with E-state index in [1.807, 2.05) is 0 Å². The van der Waals surface area contributed by atoms with Crippen molar-refractivity contribution in [3.05, 3.63) is 29.3 Å². The summed E-state index contributed by atoms with van der Waals surface area (Å²) in [5.41, 5.74) is 1.77. The van der Waals surface area contributed by atoms with Gasteiger partial charge in [0.05, 0.1) is 18.6 Å². The van der Waals surface area contributed by atoms with Crippen LogP contribution < -0.4 is 15.4 Å². The van der Waals surface area contributed by atoms with Crippen LogP contribution in [0, 0.1) is 18.3 Å². The van der Waals surface area contributed by atoms with Crippen molar-refractivity contribution in [2.45, 2.75) is 53.0 Å². The highest BCUT2D eigenvalue weighted by molar-refractivity contribution is 5.83. The zero-order valence-corrected chi connectivity index (χ0v) is 17.4. The van der Waals surface area contributed by atoms with Gasteiger partial charge in [-0.15, -0.1) is 0 Å². The smallest absolute Gasteiger partial charge is 0.228 e. The number of aryl methyl sites for hydroxylation is 1. The lowest BCUT2D eigenvalue weighted by Crippen LogP contribution is -2.50. The van der Waals surface area contributed by atoms with Crippen LogP contribution in [0.15, 0.2) is 18.2 Å². The summed E-state index contributed by atoms with van der Waals surface area (Å²) in [6.45, 7) is 9.88. The molecule has 5 nitrogen and oxygen atoms in total. The lowest BCUT2D eigenvalue weighted by atomic mass is 9.78. The molecule has 27 heavy (non-hydrogen) atoms. The van der Waals surface area contributed by atoms with E-state index in [9.17, 15) is 4.79 Å². The van der Waals surface area contributed by atoms with E-state index in [1.54, 1.807) is 7.11 Å². The Morgan fingerprint density at radius 3 is 2.70 bits per heavy atom. The number of benzene rings is 1. The van der Waals surface area contributed by atoms with Crippen LogP contribution >= 0.6 is 0 Å². The van der Waals surface area contributed by atoms with Crippen molar-refractivity contribution in [1.82, 2.24) is 10.6 Å². The molecule has 0 aromatic heterocycles. The number of carbonyl (C=O) groups excluding carboxylic acids is 1. The van der Waals surface area contributed by atoms with Crippen LogP contribution in [0.25, 0.3) is 0 Å². The Morgan fingerprint density at radius 1 is 1.30 bits per heavy atom. The minimum Gasteiger partial charge on any atom is -0.493 e. The molecule has 1 heterocycles. The van der Waals surface area contributed by atoms with E-state index in [1.165, 1.54) is 0 Å². The number of piperidine rings is 1. The highest BCUT2D eigenvalue weighted by atomic mass is 16.5. The molecule has 0 unspecified atom stereocenters. The summed E-state index contributed by atoms with van der Waals surface area (Å²) < 4.78 is 11.4. The van der Waals surface area contributed by atoms with Gasteiger partial charge in [0, 0.05) is 19.2 Å². The van der Waals surface area contributed by atoms with Crippen LogP contribution in [0.1, 0.15) is 50.7 Å². The highest BCUT2D eigenvalue weighted by Gasteiger charge is 2.39. The number of ether oxygens (including phenoxy) is 2. The van der Waals surface area contributed by atoms with Gasteiger partial charge in [-0.1, -0.05) is 26.0 Å². The molecule has 5 heteroatoms. The van der Waals surface area contributed by atoms with Crippen LogP contribution in [0.2, 0.25) is 0 Å². The van der Waals surface area contributed by atoms with E-state index >= 15 is 0 Å². The van der Waals surface area contributed by atoms with Crippen molar-refractivity contribution in [2.24, 2.45) is 11.3 Å². The second-order valence-corrected chi connectivity index (χ2v) is 8.14. The third kappa shape index (κ3) is 6.51. The minimum absolute atomic E-state index is 0.0807. The Labute approximate surface area is 164 Å². The summed E-state index contributed by atoms with van der Waals surface area (Å²) >= 11 is 0. The Morgan fingerprint density at radius 2 is 2.04 bits per heavy atom. The number of nitrogens with one attached hydrogen (secondary N) is 2. The van der Waals surface area contributed by atoms with Crippen LogP contribution in [0.4, 0.5) is 0 Å². The average molecular weight is 377 g/mol. The second kappa shape index (κ2) is 10.7. The molecular formula is C22H36N2O3. The molecule has 1 aromatic rings. The molecular weight excluding hydrogens is 340 g/mol. The van der Waals surface area contributed by atoms with Crippen molar-refractivity contribution in [3.8, 4) is 5.75 Å². The largest absolute Gasteiger partial charge is 0.493 e. The summed E-state index contributed by atoms with van der Waals surface area (Å²) in [5.74, 6) is 1.65. The van der Waals surface area contributed by atoms with E-state index in [-0.39, 0.29) is 5.91 Å². The zero-order valence-electron chi connectivity index (χ0n) is 17.4. The zero-order chi connectivity index (χ0) is 19.7. The summed E-state index contributed by atoms with van der Waals surface area (Å²) in [6.07, 6.45) is 3.81. The molecule has 1 aliphatic heterocycles. The van der Waals surface area contributed by atoms with E-state index in [0.29, 0.717) is 25.7 Å². The van der Waals surface area contributed by atoms with Crippen molar-refractivity contribution in [3.63, 3.8) is 0 Å². The van der Waals surface area contributed by atoms with Crippen LogP contribution in [0.3, 0.4) is 0 Å². The Bertz CT molecular complexity index is 590. The standard InChI is InChI=1S/C22H36N2O3/c1-17(2)6-5-13-27-20-14-18(3)7-8-19(20)15-24-21(25)22(16-26-4)9-11-23-12-10-22/h7-8,14,17,23H,5-6,9-13,15-16H2,1-4H3,(H,24,25). The summed E-state index contributed by atoms with van der Waals surface area (Å²) in [7, 11) is 1.67. The summed E-state index contributed by atoms with van der Waals surface area (Å²) in [6, 6.07) is 6.18. The first-order valence-electron chi connectivity index (χ1n) is 10.2. The molecule has 152 valence electrons. The lowest BCUT2D eigenvalue weighted by molar-refractivity contribution is -0.136. The van der Waals surface area contributed by atoms with Crippen molar-refractivity contribution in [1.29, 1.82) is 0 Å². The predicted octanol–water partition coefficient (Wildman–Crippen LogP) is 3.44. The monoisotopic (exact) mass is 376 g/mol. The number of methoxy groups -OCH3 is 1. The molecule has 2 N–H and O–H groups in total. The van der Waals surface area contributed by atoms with Gasteiger partial charge in [0.2, 0.25) is 5.91 Å². The topological polar surface area (TPSA) is 59.6 Å². The molecule has 1 amide bonds. The molecule has 0 aliphatic carbocycles. The second-order valence-electron chi connectivity index (χ2n) is 8.14. The molecule has 1 fully saturated rings. The van der Waals surface area contributed by atoms with Crippen LogP contribution in [-0.4, -0.2) is 39.3 Å². The van der Waals surface area contributed by atoms with E-state index < -0.39 is 5.41 Å².